The van der Waals surface area contributed by atoms with Crippen molar-refractivity contribution in [2.24, 2.45) is 10.9 Å². The topological polar surface area (TPSA) is 78.0 Å². The molecule has 0 saturated carbocycles. The van der Waals surface area contributed by atoms with Crippen LogP contribution in [0.5, 0.6) is 0 Å². The van der Waals surface area contributed by atoms with E-state index < -0.39 is 0 Å². The van der Waals surface area contributed by atoms with Gasteiger partial charge in [-0.25, -0.2) is 0 Å². The van der Waals surface area contributed by atoms with E-state index in [0.717, 1.165) is 31.9 Å². The van der Waals surface area contributed by atoms with E-state index in [1.807, 2.05) is 6.07 Å². The molecule has 1 aromatic rings. The summed E-state index contributed by atoms with van der Waals surface area (Å²) in [5.74, 6) is 0.0377. The van der Waals surface area contributed by atoms with Crippen LogP contribution in [-0.2, 0) is 0 Å². The fraction of sp³-hybridized carbons (Fsp3) is 0.538. The number of aromatic nitrogens is 1. The highest BCUT2D eigenvalue weighted by molar-refractivity contribution is 5.95. The number of piperazine rings is 1. The van der Waals surface area contributed by atoms with Crippen molar-refractivity contribution >= 4 is 11.5 Å². The third kappa shape index (κ3) is 2.96. The van der Waals surface area contributed by atoms with Crippen molar-refractivity contribution in [2.45, 2.75) is 19.9 Å². The van der Waals surface area contributed by atoms with Gasteiger partial charge < -0.3 is 15.8 Å². The van der Waals surface area contributed by atoms with E-state index >= 15 is 0 Å². The Morgan fingerprint density at radius 1 is 1.53 bits per heavy atom. The van der Waals surface area contributed by atoms with Crippen molar-refractivity contribution in [2.75, 3.05) is 31.1 Å². The van der Waals surface area contributed by atoms with E-state index in [1.165, 1.54) is 0 Å². The normalized spacial score (nSPS) is 21.7. The molecule has 1 fully saturated rings. The number of oxime groups is 1. The maximum Gasteiger partial charge on any atom is 0.188 e. The second-order valence-corrected chi connectivity index (χ2v) is 4.81. The summed E-state index contributed by atoms with van der Waals surface area (Å²) in [6.45, 7) is 8.60. The van der Waals surface area contributed by atoms with E-state index in [4.69, 9.17) is 10.9 Å². The molecule has 1 unspecified atom stereocenters. The van der Waals surface area contributed by atoms with Crippen molar-refractivity contribution in [1.29, 1.82) is 0 Å². The molecule has 1 atom stereocenters. The monoisotopic (exact) mass is 263 g/mol. The Bertz CT molecular complexity index is 445. The lowest BCUT2D eigenvalue weighted by atomic mass is 10.1. The van der Waals surface area contributed by atoms with Crippen molar-refractivity contribution in [3.63, 3.8) is 0 Å². The van der Waals surface area contributed by atoms with Crippen LogP contribution in [0.2, 0.25) is 0 Å². The van der Waals surface area contributed by atoms with Gasteiger partial charge in [0.05, 0.1) is 11.9 Å². The minimum absolute atomic E-state index is 0.0377. The van der Waals surface area contributed by atoms with Crippen LogP contribution in [0.1, 0.15) is 19.5 Å². The Morgan fingerprint density at radius 3 is 2.84 bits per heavy atom. The molecular weight excluding hydrogens is 242 g/mol. The molecule has 1 saturated heterocycles. The first kappa shape index (κ1) is 13.6. The number of hydrogen-bond donors (Lipinski definition) is 2. The maximum atomic E-state index is 8.60. The fourth-order valence-electron chi connectivity index (χ4n) is 2.48. The third-order valence-corrected chi connectivity index (χ3v) is 3.65. The first-order valence-electron chi connectivity index (χ1n) is 6.58. The SMILES string of the molecule is CCN1CCN(c2ccc(/C(N)=N/O)nc2)CC1C. The highest BCUT2D eigenvalue weighted by Crippen LogP contribution is 2.18. The number of hydrogen-bond acceptors (Lipinski definition) is 5. The molecule has 104 valence electrons. The molecule has 0 radical (unpaired) electrons. The highest BCUT2D eigenvalue weighted by atomic mass is 16.4. The molecular formula is C13H21N5O. The third-order valence-electron chi connectivity index (χ3n) is 3.65. The number of likely N-dealkylation sites (N-methyl/N-ethyl adjacent to an activating group) is 1. The van der Waals surface area contributed by atoms with Gasteiger partial charge in [0.15, 0.2) is 5.84 Å². The number of anilines is 1. The van der Waals surface area contributed by atoms with E-state index in [2.05, 4.69) is 33.8 Å². The summed E-state index contributed by atoms with van der Waals surface area (Å²) in [6.07, 6.45) is 1.78. The van der Waals surface area contributed by atoms with Gasteiger partial charge in [0.2, 0.25) is 0 Å². The van der Waals surface area contributed by atoms with Gasteiger partial charge in [0.25, 0.3) is 0 Å². The summed E-state index contributed by atoms with van der Waals surface area (Å²) < 4.78 is 0. The van der Waals surface area contributed by atoms with Crippen molar-refractivity contribution in [3.8, 4) is 0 Å². The van der Waals surface area contributed by atoms with Gasteiger partial charge in [0.1, 0.15) is 5.69 Å². The number of nitrogens with two attached hydrogens (primary N) is 1. The summed E-state index contributed by atoms with van der Waals surface area (Å²) in [6, 6.07) is 4.29. The number of amidine groups is 1. The van der Waals surface area contributed by atoms with E-state index in [9.17, 15) is 0 Å². The van der Waals surface area contributed by atoms with Gasteiger partial charge in [-0.05, 0) is 25.6 Å². The molecule has 0 bridgehead atoms. The Morgan fingerprint density at radius 2 is 2.32 bits per heavy atom. The Kier molecular flexibility index (Phi) is 4.21. The largest absolute Gasteiger partial charge is 0.409 e. The van der Waals surface area contributed by atoms with Crippen LogP contribution in [-0.4, -0.2) is 53.1 Å². The smallest absolute Gasteiger partial charge is 0.188 e. The number of rotatable bonds is 3. The van der Waals surface area contributed by atoms with E-state index in [0.29, 0.717) is 11.7 Å². The minimum atomic E-state index is 0.0377. The fourth-order valence-corrected chi connectivity index (χ4v) is 2.48. The summed E-state index contributed by atoms with van der Waals surface area (Å²) in [5, 5.41) is 11.5. The summed E-state index contributed by atoms with van der Waals surface area (Å²) in [4.78, 5) is 9.00. The quantitative estimate of drug-likeness (QED) is 0.363. The van der Waals surface area contributed by atoms with Crippen LogP contribution in [0.25, 0.3) is 0 Å². The number of nitrogens with zero attached hydrogens (tertiary/aromatic N) is 4. The average Bonchev–Trinajstić information content (AvgIpc) is 2.46. The Balaban J connectivity index is 2.07. The molecule has 1 aliphatic heterocycles. The number of pyridine rings is 1. The predicted octanol–water partition coefficient (Wildman–Crippen LogP) is 0.707. The molecule has 19 heavy (non-hydrogen) atoms. The lowest BCUT2D eigenvalue weighted by molar-refractivity contribution is 0.199. The van der Waals surface area contributed by atoms with Crippen LogP contribution < -0.4 is 10.6 Å². The zero-order valence-corrected chi connectivity index (χ0v) is 11.5. The summed E-state index contributed by atoms with van der Waals surface area (Å²) >= 11 is 0. The van der Waals surface area contributed by atoms with Gasteiger partial charge in [-0.3, -0.25) is 9.88 Å². The van der Waals surface area contributed by atoms with Crippen molar-refractivity contribution in [3.05, 3.63) is 24.0 Å². The zero-order valence-electron chi connectivity index (χ0n) is 11.5. The molecule has 0 aromatic carbocycles. The first-order valence-corrected chi connectivity index (χ1v) is 6.58. The molecule has 3 N–H and O–H groups in total. The Labute approximate surface area is 113 Å². The lowest BCUT2D eigenvalue weighted by Crippen LogP contribution is -2.51. The van der Waals surface area contributed by atoms with Gasteiger partial charge in [-0.15, -0.1) is 0 Å². The maximum absolute atomic E-state index is 8.60. The molecule has 2 rings (SSSR count). The summed E-state index contributed by atoms with van der Waals surface area (Å²) in [7, 11) is 0. The molecule has 1 aromatic heterocycles. The zero-order chi connectivity index (χ0) is 13.8. The van der Waals surface area contributed by atoms with E-state index in [1.54, 1.807) is 12.3 Å². The van der Waals surface area contributed by atoms with Crippen molar-refractivity contribution in [1.82, 2.24) is 9.88 Å². The molecule has 6 heteroatoms. The van der Waals surface area contributed by atoms with Crippen LogP contribution in [0.3, 0.4) is 0 Å². The molecule has 0 spiro atoms. The van der Waals surface area contributed by atoms with Gasteiger partial charge >= 0.3 is 0 Å². The van der Waals surface area contributed by atoms with Gasteiger partial charge in [-0.1, -0.05) is 12.1 Å². The highest BCUT2D eigenvalue weighted by Gasteiger charge is 2.22. The van der Waals surface area contributed by atoms with E-state index in [-0.39, 0.29) is 5.84 Å². The van der Waals surface area contributed by atoms with Gasteiger partial charge in [0, 0.05) is 25.7 Å². The van der Waals surface area contributed by atoms with Crippen molar-refractivity contribution < 1.29 is 5.21 Å². The van der Waals surface area contributed by atoms with Gasteiger partial charge in [-0.2, -0.15) is 0 Å². The van der Waals surface area contributed by atoms with Crippen LogP contribution in [0.15, 0.2) is 23.5 Å². The molecule has 0 aliphatic carbocycles. The lowest BCUT2D eigenvalue weighted by Gasteiger charge is -2.40. The molecule has 6 nitrogen and oxygen atoms in total. The molecule has 2 heterocycles. The molecule has 1 aliphatic rings. The molecule has 0 amide bonds. The van der Waals surface area contributed by atoms with Crippen LogP contribution in [0, 0.1) is 0 Å². The van der Waals surface area contributed by atoms with Crippen LogP contribution in [0.4, 0.5) is 5.69 Å². The first-order chi connectivity index (χ1) is 9.15. The summed E-state index contributed by atoms with van der Waals surface area (Å²) in [5.41, 5.74) is 7.07. The minimum Gasteiger partial charge on any atom is -0.409 e. The van der Waals surface area contributed by atoms with Crippen LogP contribution >= 0.6 is 0 Å². The Hall–Kier alpha value is -1.82. The second kappa shape index (κ2) is 5.88. The predicted molar refractivity (Wildman–Crippen MR) is 75.7 cm³/mol. The second-order valence-electron chi connectivity index (χ2n) is 4.81. The average molecular weight is 263 g/mol. The standard InChI is InChI=1S/C13H21N5O/c1-3-17-6-7-18(9-10(17)2)11-4-5-12(15-8-11)13(14)16-19/h4-5,8,10,19H,3,6-7,9H2,1-2H3,(H2,14,16).